The van der Waals surface area contributed by atoms with Gasteiger partial charge >= 0.3 is 5.69 Å². The SMILES string of the molecule is Cc1ccc(Oc2ccc(CCl)cc2[N+](=O)[O-])cc1C. The lowest BCUT2D eigenvalue weighted by molar-refractivity contribution is -0.385. The van der Waals surface area contributed by atoms with E-state index in [2.05, 4.69) is 0 Å². The van der Waals surface area contributed by atoms with E-state index in [9.17, 15) is 10.1 Å². The molecule has 0 aromatic heterocycles. The van der Waals surface area contributed by atoms with Gasteiger partial charge in [-0.15, -0.1) is 11.6 Å². The van der Waals surface area contributed by atoms with Gasteiger partial charge in [0.25, 0.3) is 0 Å². The third kappa shape index (κ3) is 3.08. The maximum absolute atomic E-state index is 11.1. The Kier molecular flexibility index (Phi) is 4.25. The van der Waals surface area contributed by atoms with Gasteiger partial charge in [-0.05, 0) is 48.7 Å². The predicted molar refractivity (Wildman–Crippen MR) is 78.6 cm³/mol. The number of ether oxygens (including phenoxy) is 1. The molecule has 0 heterocycles. The molecule has 0 unspecified atom stereocenters. The van der Waals surface area contributed by atoms with Gasteiger partial charge in [-0.2, -0.15) is 0 Å². The highest BCUT2D eigenvalue weighted by molar-refractivity contribution is 6.17. The Balaban J connectivity index is 2.37. The number of hydrogen-bond acceptors (Lipinski definition) is 3. The molecule has 104 valence electrons. The summed E-state index contributed by atoms with van der Waals surface area (Å²) >= 11 is 5.69. The third-order valence-corrected chi connectivity index (χ3v) is 3.39. The number of aryl methyl sites for hydroxylation is 2. The molecule has 0 aliphatic carbocycles. The average molecular weight is 292 g/mol. The third-order valence-electron chi connectivity index (χ3n) is 3.08. The molecule has 2 aromatic rings. The summed E-state index contributed by atoms with van der Waals surface area (Å²) in [5.41, 5.74) is 2.82. The quantitative estimate of drug-likeness (QED) is 0.464. The van der Waals surface area contributed by atoms with E-state index < -0.39 is 4.92 Å². The number of nitro groups is 1. The zero-order valence-electron chi connectivity index (χ0n) is 11.2. The normalized spacial score (nSPS) is 10.3. The highest BCUT2D eigenvalue weighted by atomic mass is 35.5. The van der Waals surface area contributed by atoms with Crippen LogP contribution in [0.4, 0.5) is 5.69 Å². The molecule has 0 fully saturated rings. The first-order chi connectivity index (χ1) is 9.51. The van der Waals surface area contributed by atoms with Crippen molar-refractivity contribution >= 4 is 17.3 Å². The van der Waals surface area contributed by atoms with Crippen LogP contribution in [0.3, 0.4) is 0 Å². The fraction of sp³-hybridized carbons (Fsp3) is 0.200. The maximum Gasteiger partial charge on any atom is 0.311 e. The van der Waals surface area contributed by atoms with Gasteiger partial charge in [0, 0.05) is 11.9 Å². The standard InChI is InChI=1S/C15H14ClNO3/c1-10-3-5-13(7-11(10)2)20-15-6-4-12(9-16)8-14(15)17(18)19/h3-8H,9H2,1-2H3. The largest absolute Gasteiger partial charge is 0.450 e. The van der Waals surface area contributed by atoms with Crippen molar-refractivity contribution in [2.45, 2.75) is 19.7 Å². The first kappa shape index (κ1) is 14.3. The summed E-state index contributed by atoms with van der Waals surface area (Å²) in [6.45, 7) is 3.96. The Morgan fingerprint density at radius 2 is 1.90 bits per heavy atom. The summed E-state index contributed by atoms with van der Waals surface area (Å²) < 4.78 is 5.62. The molecule has 0 saturated carbocycles. The van der Waals surface area contributed by atoms with E-state index in [1.165, 1.54) is 6.07 Å². The molecular formula is C15H14ClNO3. The number of nitro benzene ring substituents is 1. The van der Waals surface area contributed by atoms with Gasteiger partial charge in [-0.25, -0.2) is 0 Å². The molecule has 0 atom stereocenters. The van der Waals surface area contributed by atoms with Crippen molar-refractivity contribution < 1.29 is 9.66 Å². The number of benzene rings is 2. The van der Waals surface area contributed by atoms with Crippen LogP contribution < -0.4 is 4.74 Å². The van der Waals surface area contributed by atoms with Crippen molar-refractivity contribution in [1.29, 1.82) is 0 Å². The van der Waals surface area contributed by atoms with Crippen molar-refractivity contribution in [1.82, 2.24) is 0 Å². The van der Waals surface area contributed by atoms with Gasteiger partial charge < -0.3 is 4.74 Å². The molecule has 0 N–H and O–H groups in total. The van der Waals surface area contributed by atoms with Crippen molar-refractivity contribution in [2.24, 2.45) is 0 Å². The first-order valence-corrected chi connectivity index (χ1v) is 6.63. The van der Waals surface area contributed by atoms with Gasteiger partial charge in [0.15, 0.2) is 0 Å². The van der Waals surface area contributed by atoms with Crippen LogP contribution in [-0.4, -0.2) is 4.92 Å². The van der Waals surface area contributed by atoms with E-state index in [4.69, 9.17) is 16.3 Å². The van der Waals surface area contributed by atoms with E-state index in [0.717, 1.165) is 11.1 Å². The number of nitrogens with zero attached hydrogens (tertiary/aromatic N) is 1. The Hall–Kier alpha value is -2.07. The molecule has 4 nitrogen and oxygen atoms in total. The molecule has 5 heteroatoms. The Morgan fingerprint density at radius 1 is 1.15 bits per heavy atom. The zero-order valence-corrected chi connectivity index (χ0v) is 12.0. The number of halogens is 1. The number of hydrogen-bond donors (Lipinski definition) is 0. The second-order valence-electron chi connectivity index (χ2n) is 4.54. The second-order valence-corrected chi connectivity index (χ2v) is 4.81. The molecule has 0 amide bonds. The minimum Gasteiger partial charge on any atom is -0.450 e. The van der Waals surface area contributed by atoms with E-state index in [0.29, 0.717) is 11.3 Å². The minimum atomic E-state index is -0.466. The van der Waals surface area contributed by atoms with E-state index in [1.807, 2.05) is 26.0 Å². The lowest BCUT2D eigenvalue weighted by Gasteiger charge is -2.09. The monoisotopic (exact) mass is 291 g/mol. The van der Waals surface area contributed by atoms with Crippen molar-refractivity contribution in [3.63, 3.8) is 0 Å². The summed E-state index contributed by atoms with van der Waals surface area (Å²) in [5.74, 6) is 1.02. The van der Waals surface area contributed by atoms with Gasteiger partial charge in [0.1, 0.15) is 5.75 Å². The Morgan fingerprint density at radius 3 is 2.50 bits per heavy atom. The summed E-state index contributed by atoms with van der Waals surface area (Å²) in [6, 6.07) is 10.3. The van der Waals surface area contributed by atoms with Gasteiger partial charge in [0.2, 0.25) is 5.75 Å². The average Bonchev–Trinajstić information content (AvgIpc) is 2.43. The van der Waals surface area contributed by atoms with E-state index in [-0.39, 0.29) is 17.3 Å². The van der Waals surface area contributed by atoms with Crippen LogP contribution in [0.1, 0.15) is 16.7 Å². The lowest BCUT2D eigenvalue weighted by atomic mass is 10.1. The molecule has 2 rings (SSSR count). The maximum atomic E-state index is 11.1. The Bertz CT molecular complexity index is 656. The molecule has 20 heavy (non-hydrogen) atoms. The van der Waals surface area contributed by atoms with Gasteiger partial charge in [-0.3, -0.25) is 10.1 Å². The molecule has 0 aliphatic rings. The smallest absolute Gasteiger partial charge is 0.311 e. The summed E-state index contributed by atoms with van der Waals surface area (Å²) in [6.07, 6.45) is 0. The van der Waals surface area contributed by atoms with Crippen LogP contribution in [0.25, 0.3) is 0 Å². The van der Waals surface area contributed by atoms with Gasteiger partial charge in [-0.1, -0.05) is 12.1 Å². The number of rotatable bonds is 4. The molecule has 0 radical (unpaired) electrons. The predicted octanol–water partition coefficient (Wildman–Crippen LogP) is 4.74. The topological polar surface area (TPSA) is 52.4 Å². The molecule has 0 aliphatic heterocycles. The molecule has 2 aromatic carbocycles. The van der Waals surface area contributed by atoms with Crippen LogP contribution >= 0.6 is 11.6 Å². The van der Waals surface area contributed by atoms with Crippen molar-refractivity contribution in [2.75, 3.05) is 0 Å². The van der Waals surface area contributed by atoms with Crippen LogP contribution in [0, 0.1) is 24.0 Å². The minimum absolute atomic E-state index is 0.0821. The fourth-order valence-electron chi connectivity index (χ4n) is 1.78. The van der Waals surface area contributed by atoms with Crippen molar-refractivity contribution in [3.8, 4) is 11.5 Å². The van der Waals surface area contributed by atoms with E-state index in [1.54, 1.807) is 18.2 Å². The van der Waals surface area contributed by atoms with Crippen LogP contribution in [-0.2, 0) is 5.88 Å². The highest BCUT2D eigenvalue weighted by Crippen LogP contribution is 2.33. The van der Waals surface area contributed by atoms with Gasteiger partial charge in [0.05, 0.1) is 4.92 Å². The molecule has 0 saturated heterocycles. The second kappa shape index (κ2) is 5.92. The first-order valence-electron chi connectivity index (χ1n) is 6.09. The summed E-state index contributed by atoms with van der Waals surface area (Å²) in [5, 5.41) is 11.1. The molecule has 0 spiro atoms. The summed E-state index contributed by atoms with van der Waals surface area (Å²) in [4.78, 5) is 10.6. The lowest BCUT2D eigenvalue weighted by Crippen LogP contribution is -1.95. The summed E-state index contributed by atoms with van der Waals surface area (Å²) in [7, 11) is 0. The van der Waals surface area contributed by atoms with Crippen LogP contribution in [0.2, 0.25) is 0 Å². The van der Waals surface area contributed by atoms with Crippen molar-refractivity contribution in [3.05, 3.63) is 63.2 Å². The zero-order chi connectivity index (χ0) is 14.7. The number of alkyl halides is 1. The molecular weight excluding hydrogens is 278 g/mol. The van der Waals surface area contributed by atoms with E-state index >= 15 is 0 Å². The van der Waals surface area contributed by atoms with Crippen LogP contribution in [0.15, 0.2) is 36.4 Å². The highest BCUT2D eigenvalue weighted by Gasteiger charge is 2.16. The van der Waals surface area contributed by atoms with Crippen LogP contribution in [0.5, 0.6) is 11.5 Å². The Labute approximate surface area is 122 Å². The fourth-order valence-corrected chi connectivity index (χ4v) is 1.95. The molecule has 0 bridgehead atoms.